The molecule has 0 aliphatic heterocycles. The predicted octanol–water partition coefficient (Wildman–Crippen LogP) is 4.89. The Hall–Kier alpha value is -2.79. The number of nitrogens with zero attached hydrogens (tertiary/aromatic N) is 1. The van der Waals surface area contributed by atoms with E-state index in [0.717, 1.165) is 17.4 Å². The lowest BCUT2D eigenvalue weighted by molar-refractivity contribution is -0.134. The number of fused-ring (bicyclic) bond motifs is 1. The highest BCUT2D eigenvalue weighted by Crippen LogP contribution is 2.30. The van der Waals surface area contributed by atoms with Gasteiger partial charge in [0.15, 0.2) is 0 Å². The van der Waals surface area contributed by atoms with Crippen molar-refractivity contribution in [3.8, 4) is 0 Å². The molecule has 122 valence electrons. The van der Waals surface area contributed by atoms with Gasteiger partial charge in [0.2, 0.25) is 0 Å². The molecule has 0 unspecified atom stereocenters. The Labute approximate surface area is 144 Å². The second kappa shape index (κ2) is 8.74. The highest BCUT2D eigenvalue weighted by Gasteiger charge is 1.99. The van der Waals surface area contributed by atoms with Crippen molar-refractivity contribution in [2.75, 3.05) is 0 Å². The molecule has 0 spiro atoms. The summed E-state index contributed by atoms with van der Waals surface area (Å²) in [6, 6.07) is 22.7. The summed E-state index contributed by atoms with van der Waals surface area (Å²) < 4.78 is 0. The number of hydrogen-bond donors (Lipinski definition) is 2. The Kier molecular flexibility index (Phi) is 6.40. The summed E-state index contributed by atoms with van der Waals surface area (Å²) in [6.45, 7) is 1.08. The van der Waals surface area contributed by atoms with E-state index in [2.05, 4.69) is 47.6 Å². The first-order valence-electron chi connectivity index (χ1n) is 7.22. The van der Waals surface area contributed by atoms with Crippen LogP contribution in [0.3, 0.4) is 0 Å². The molecule has 4 nitrogen and oxygen atoms in total. The van der Waals surface area contributed by atoms with Crippen molar-refractivity contribution in [3.05, 3.63) is 72.3 Å². The van der Waals surface area contributed by atoms with Gasteiger partial charge in [-0.1, -0.05) is 59.4 Å². The molecule has 0 amide bonds. The van der Waals surface area contributed by atoms with Crippen molar-refractivity contribution in [2.24, 2.45) is 5.16 Å². The molecule has 0 radical (unpaired) electrons. The topological polar surface area (TPSA) is 69.9 Å². The maximum atomic E-state index is 9.00. The number of aliphatic carboxylic acids is 1. The van der Waals surface area contributed by atoms with E-state index >= 15 is 0 Å². The zero-order valence-corrected chi connectivity index (χ0v) is 13.9. The highest BCUT2D eigenvalue weighted by molar-refractivity contribution is 7.99. The van der Waals surface area contributed by atoms with Crippen LogP contribution in [0.2, 0.25) is 0 Å². The van der Waals surface area contributed by atoms with Crippen LogP contribution in [0.25, 0.3) is 10.8 Å². The van der Waals surface area contributed by atoms with Crippen LogP contribution in [0.4, 0.5) is 0 Å². The van der Waals surface area contributed by atoms with Gasteiger partial charge in [-0.3, -0.25) is 4.79 Å². The summed E-state index contributed by atoms with van der Waals surface area (Å²) in [7, 11) is 0. The van der Waals surface area contributed by atoms with Gasteiger partial charge < -0.3 is 10.3 Å². The number of rotatable bonds is 3. The lowest BCUT2D eigenvalue weighted by Gasteiger charge is -2.04. The third-order valence-corrected chi connectivity index (χ3v) is 4.04. The van der Waals surface area contributed by atoms with E-state index in [9.17, 15) is 0 Å². The highest BCUT2D eigenvalue weighted by atomic mass is 32.2. The van der Waals surface area contributed by atoms with E-state index in [4.69, 9.17) is 15.1 Å². The third kappa shape index (κ3) is 5.44. The van der Waals surface area contributed by atoms with Gasteiger partial charge in [0.05, 0.1) is 6.21 Å². The zero-order valence-electron chi connectivity index (χ0n) is 13.1. The fourth-order valence-electron chi connectivity index (χ4n) is 2.06. The summed E-state index contributed by atoms with van der Waals surface area (Å²) >= 11 is 1.72. The van der Waals surface area contributed by atoms with Gasteiger partial charge in [-0.2, -0.15) is 0 Å². The molecule has 0 aliphatic carbocycles. The normalized spacial score (nSPS) is 10.4. The SMILES string of the molecule is CC(=O)O.ON=Cc1ccc(Sc2ccc3ccccc3c2)cc1. The fraction of sp³-hybridized carbons (Fsp3) is 0.0526. The molecule has 0 aliphatic rings. The van der Waals surface area contributed by atoms with Crippen LogP contribution < -0.4 is 0 Å². The lowest BCUT2D eigenvalue weighted by Crippen LogP contribution is -1.81. The Morgan fingerprint density at radius 1 is 0.958 bits per heavy atom. The van der Waals surface area contributed by atoms with Gasteiger partial charge >= 0.3 is 0 Å². The molecule has 0 aromatic heterocycles. The fourth-order valence-corrected chi connectivity index (χ4v) is 2.92. The minimum absolute atomic E-state index is 0.833. The predicted molar refractivity (Wildman–Crippen MR) is 97.2 cm³/mol. The van der Waals surface area contributed by atoms with E-state index in [1.165, 1.54) is 21.9 Å². The van der Waals surface area contributed by atoms with Crippen LogP contribution in [0, 0.1) is 0 Å². The second-order valence-electron chi connectivity index (χ2n) is 4.94. The number of oxime groups is 1. The van der Waals surface area contributed by atoms with Crippen LogP contribution in [-0.2, 0) is 4.79 Å². The minimum Gasteiger partial charge on any atom is -0.481 e. The number of benzene rings is 3. The first-order chi connectivity index (χ1) is 11.6. The van der Waals surface area contributed by atoms with Gasteiger partial charge in [0.25, 0.3) is 5.97 Å². The van der Waals surface area contributed by atoms with Crippen LogP contribution in [0.5, 0.6) is 0 Å². The van der Waals surface area contributed by atoms with Gasteiger partial charge in [-0.05, 0) is 40.6 Å². The molecular formula is C19H17NO3S. The number of carboxylic acids is 1. The van der Waals surface area contributed by atoms with E-state index in [1.54, 1.807) is 11.8 Å². The third-order valence-electron chi connectivity index (χ3n) is 3.04. The Bertz CT molecular complexity index is 841. The zero-order chi connectivity index (χ0) is 17.4. The molecule has 0 fully saturated rings. The van der Waals surface area contributed by atoms with Crippen molar-refractivity contribution in [2.45, 2.75) is 16.7 Å². The summed E-state index contributed by atoms with van der Waals surface area (Å²) in [5, 5.41) is 21.4. The van der Waals surface area contributed by atoms with Crippen molar-refractivity contribution < 1.29 is 15.1 Å². The molecule has 0 heterocycles. The first kappa shape index (κ1) is 17.6. The second-order valence-corrected chi connectivity index (χ2v) is 6.09. The lowest BCUT2D eigenvalue weighted by atomic mass is 10.1. The van der Waals surface area contributed by atoms with Crippen LogP contribution in [0.1, 0.15) is 12.5 Å². The molecule has 3 aromatic carbocycles. The van der Waals surface area contributed by atoms with Crippen molar-refractivity contribution in [1.29, 1.82) is 0 Å². The van der Waals surface area contributed by atoms with Crippen LogP contribution >= 0.6 is 11.8 Å². The monoisotopic (exact) mass is 339 g/mol. The maximum absolute atomic E-state index is 9.00. The minimum atomic E-state index is -0.833. The van der Waals surface area contributed by atoms with E-state index in [1.807, 2.05) is 24.3 Å². The van der Waals surface area contributed by atoms with E-state index < -0.39 is 5.97 Å². The molecule has 3 aromatic rings. The van der Waals surface area contributed by atoms with Crippen LogP contribution in [0.15, 0.2) is 81.7 Å². The van der Waals surface area contributed by atoms with Crippen molar-refractivity contribution in [1.82, 2.24) is 0 Å². The summed E-state index contributed by atoms with van der Waals surface area (Å²) in [4.78, 5) is 11.4. The summed E-state index contributed by atoms with van der Waals surface area (Å²) in [5.74, 6) is -0.833. The smallest absolute Gasteiger partial charge is 0.300 e. The molecule has 2 N–H and O–H groups in total. The number of carbonyl (C=O) groups is 1. The molecule has 0 atom stereocenters. The molecule has 3 rings (SSSR count). The Morgan fingerprint density at radius 3 is 2.17 bits per heavy atom. The Balaban J connectivity index is 0.000000471. The van der Waals surface area contributed by atoms with Gasteiger partial charge in [-0.15, -0.1) is 0 Å². The van der Waals surface area contributed by atoms with E-state index in [-0.39, 0.29) is 0 Å². The van der Waals surface area contributed by atoms with Crippen molar-refractivity contribution in [3.63, 3.8) is 0 Å². The average molecular weight is 339 g/mol. The summed E-state index contributed by atoms with van der Waals surface area (Å²) in [5.41, 5.74) is 0.885. The summed E-state index contributed by atoms with van der Waals surface area (Å²) in [6.07, 6.45) is 1.42. The van der Waals surface area contributed by atoms with Gasteiger partial charge in [0.1, 0.15) is 0 Å². The number of carboxylic acid groups (broad SMARTS) is 1. The average Bonchev–Trinajstić information content (AvgIpc) is 2.56. The van der Waals surface area contributed by atoms with E-state index in [0.29, 0.717) is 0 Å². The molecule has 0 saturated carbocycles. The quantitative estimate of drug-likeness (QED) is 0.405. The Morgan fingerprint density at radius 2 is 1.54 bits per heavy atom. The van der Waals surface area contributed by atoms with Crippen LogP contribution in [-0.4, -0.2) is 22.5 Å². The standard InChI is InChI=1S/C17H13NOS.C2H4O2/c19-18-12-13-5-8-16(9-6-13)20-17-10-7-14-3-1-2-4-15(14)11-17;1-2(3)4/h1-12,19H;1H3,(H,3,4). The molecule has 5 heteroatoms. The van der Waals surface area contributed by atoms with Gasteiger partial charge in [0, 0.05) is 16.7 Å². The number of hydrogen-bond acceptors (Lipinski definition) is 4. The molecule has 0 saturated heterocycles. The largest absolute Gasteiger partial charge is 0.481 e. The first-order valence-corrected chi connectivity index (χ1v) is 8.04. The van der Waals surface area contributed by atoms with Crippen molar-refractivity contribution >= 4 is 34.7 Å². The molecule has 0 bridgehead atoms. The molecule has 24 heavy (non-hydrogen) atoms. The van der Waals surface area contributed by atoms with Gasteiger partial charge in [-0.25, -0.2) is 0 Å². The maximum Gasteiger partial charge on any atom is 0.300 e. The molecular weight excluding hydrogens is 322 g/mol.